The van der Waals surface area contributed by atoms with Crippen molar-refractivity contribution in [1.82, 2.24) is 10.3 Å². The lowest BCUT2D eigenvalue weighted by molar-refractivity contribution is 0.0526. The molecule has 0 fully saturated rings. The topological polar surface area (TPSA) is 80.3 Å². The quantitative estimate of drug-likeness (QED) is 0.612. The van der Waals surface area contributed by atoms with Gasteiger partial charge in [0.1, 0.15) is 5.69 Å². The Morgan fingerprint density at radius 1 is 0.929 bits per heavy atom. The Morgan fingerprint density at radius 3 is 2.29 bits per heavy atom. The number of ether oxygens (including phenoxy) is 1. The third-order valence-corrected chi connectivity index (χ3v) is 3.98. The van der Waals surface area contributed by atoms with Gasteiger partial charge in [0, 0.05) is 12.2 Å². The summed E-state index contributed by atoms with van der Waals surface area (Å²) in [6.45, 7) is 2.57. The molecule has 6 nitrogen and oxygen atoms in total. The number of carbonyl (C=O) groups excluding carboxylic acids is 2. The average Bonchev–Trinajstić information content (AvgIpc) is 2.74. The minimum absolute atomic E-state index is 0.228. The minimum Gasteiger partial charge on any atom is -0.462 e. The van der Waals surface area contributed by atoms with E-state index in [-0.39, 0.29) is 11.9 Å². The van der Waals surface area contributed by atoms with E-state index in [4.69, 9.17) is 4.74 Å². The summed E-state index contributed by atoms with van der Waals surface area (Å²) < 4.78 is 4.96. The molecule has 6 heteroatoms. The number of hydrogen-bond acceptors (Lipinski definition) is 5. The number of esters is 1. The van der Waals surface area contributed by atoms with Crippen LogP contribution in [0.1, 0.15) is 33.3 Å². The second-order valence-corrected chi connectivity index (χ2v) is 6.02. The first kappa shape index (κ1) is 19.1. The predicted octanol–water partition coefficient (Wildman–Crippen LogP) is 3.93. The SMILES string of the molecule is CCOC(=O)c1ccc(Nc2ccc(C(=O)NCc3ccccc3)nc2)cc1. The van der Waals surface area contributed by atoms with Crippen LogP contribution < -0.4 is 10.6 Å². The number of anilines is 2. The predicted molar refractivity (Wildman–Crippen MR) is 108 cm³/mol. The van der Waals surface area contributed by atoms with Crippen LogP contribution >= 0.6 is 0 Å². The van der Waals surface area contributed by atoms with Crippen LogP contribution in [0.3, 0.4) is 0 Å². The van der Waals surface area contributed by atoms with Crippen molar-refractivity contribution >= 4 is 23.3 Å². The van der Waals surface area contributed by atoms with Crippen molar-refractivity contribution in [3.05, 3.63) is 89.7 Å². The smallest absolute Gasteiger partial charge is 0.338 e. The van der Waals surface area contributed by atoms with Crippen LogP contribution in [0.5, 0.6) is 0 Å². The first-order chi connectivity index (χ1) is 13.7. The van der Waals surface area contributed by atoms with Crippen molar-refractivity contribution < 1.29 is 14.3 Å². The first-order valence-corrected chi connectivity index (χ1v) is 8.98. The normalized spacial score (nSPS) is 10.2. The number of rotatable bonds is 7. The molecule has 3 rings (SSSR count). The Morgan fingerprint density at radius 2 is 1.64 bits per heavy atom. The minimum atomic E-state index is -0.346. The van der Waals surface area contributed by atoms with E-state index in [0.717, 1.165) is 16.9 Å². The van der Waals surface area contributed by atoms with E-state index in [0.29, 0.717) is 24.4 Å². The molecule has 1 heterocycles. The summed E-state index contributed by atoms with van der Waals surface area (Å²) in [5.41, 5.74) is 3.41. The highest BCUT2D eigenvalue weighted by Gasteiger charge is 2.08. The standard InChI is InChI=1S/C22H21N3O3/c1-2-28-22(27)17-8-10-18(11-9-17)25-19-12-13-20(23-15-19)21(26)24-14-16-6-4-3-5-7-16/h3-13,15,25H,2,14H2,1H3,(H,24,26). The molecule has 0 unspecified atom stereocenters. The average molecular weight is 375 g/mol. The Labute approximate surface area is 163 Å². The molecule has 1 amide bonds. The van der Waals surface area contributed by atoms with E-state index >= 15 is 0 Å². The molecule has 0 radical (unpaired) electrons. The zero-order valence-corrected chi connectivity index (χ0v) is 15.5. The Hall–Kier alpha value is -3.67. The number of amides is 1. The summed E-state index contributed by atoms with van der Waals surface area (Å²) in [4.78, 5) is 28.1. The molecular formula is C22H21N3O3. The molecule has 3 aromatic rings. The zero-order chi connectivity index (χ0) is 19.8. The van der Waals surface area contributed by atoms with E-state index in [9.17, 15) is 9.59 Å². The number of nitrogens with zero attached hydrogens (tertiary/aromatic N) is 1. The van der Waals surface area contributed by atoms with E-state index < -0.39 is 0 Å². The van der Waals surface area contributed by atoms with Gasteiger partial charge >= 0.3 is 5.97 Å². The summed E-state index contributed by atoms with van der Waals surface area (Å²) in [6.07, 6.45) is 1.59. The van der Waals surface area contributed by atoms with Gasteiger partial charge in [-0.1, -0.05) is 30.3 Å². The largest absolute Gasteiger partial charge is 0.462 e. The second-order valence-electron chi connectivity index (χ2n) is 6.02. The molecule has 0 atom stereocenters. The second kappa shape index (κ2) is 9.32. The van der Waals surface area contributed by atoms with E-state index in [1.54, 1.807) is 49.5 Å². The molecule has 0 saturated heterocycles. The van der Waals surface area contributed by atoms with Crippen molar-refractivity contribution in [2.75, 3.05) is 11.9 Å². The van der Waals surface area contributed by atoms with Crippen LogP contribution in [0.25, 0.3) is 0 Å². The van der Waals surface area contributed by atoms with Crippen LogP contribution in [0.15, 0.2) is 72.9 Å². The summed E-state index contributed by atoms with van der Waals surface area (Å²) in [5, 5.41) is 6.03. The molecular weight excluding hydrogens is 354 g/mol. The number of aromatic nitrogens is 1. The molecule has 0 aliphatic heterocycles. The van der Waals surface area contributed by atoms with Gasteiger partial charge in [0.15, 0.2) is 0 Å². The van der Waals surface area contributed by atoms with Crippen LogP contribution in [0.4, 0.5) is 11.4 Å². The lowest BCUT2D eigenvalue weighted by atomic mass is 10.2. The van der Waals surface area contributed by atoms with Crippen molar-refractivity contribution in [3.8, 4) is 0 Å². The fraction of sp³-hybridized carbons (Fsp3) is 0.136. The molecule has 0 spiro atoms. The van der Waals surface area contributed by atoms with Crippen LogP contribution in [-0.2, 0) is 11.3 Å². The van der Waals surface area contributed by atoms with Crippen molar-refractivity contribution in [3.63, 3.8) is 0 Å². The van der Waals surface area contributed by atoms with E-state index in [1.807, 2.05) is 30.3 Å². The van der Waals surface area contributed by atoms with Crippen molar-refractivity contribution in [2.45, 2.75) is 13.5 Å². The molecule has 0 bridgehead atoms. The highest BCUT2D eigenvalue weighted by Crippen LogP contribution is 2.17. The number of pyridine rings is 1. The molecule has 2 aromatic carbocycles. The molecule has 28 heavy (non-hydrogen) atoms. The summed E-state index contributed by atoms with van der Waals surface area (Å²) in [7, 11) is 0. The van der Waals surface area contributed by atoms with Gasteiger partial charge in [0.25, 0.3) is 5.91 Å². The van der Waals surface area contributed by atoms with Gasteiger partial charge in [-0.05, 0) is 48.9 Å². The lowest BCUT2D eigenvalue weighted by Gasteiger charge is -2.08. The fourth-order valence-electron chi connectivity index (χ4n) is 2.54. The molecule has 142 valence electrons. The van der Waals surface area contributed by atoms with Gasteiger partial charge in [-0.2, -0.15) is 0 Å². The molecule has 1 aromatic heterocycles. The van der Waals surface area contributed by atoms with E-state index in [2.05, 4.69) is 15.6 Å². The van der Waals surface area contributed by atoms with Crippen LogP contribution in [0, 0.1) is 0 Å². The Balaban J connectivity index is 1.56. The van der Waals surface area contributed by atoms with Crippen LogP contribution in [0.2, 0.25) is 0 Å². The number of benzene rings is 2. The number of carbonyl (C=O) groups is 2. The lowest BCUT2D eigenvalue weighted by Crippen LogP contribution is -2.23. The summed E-state index contributed by atoms with van der Waals surface area (Å²) >= 11 is 0. The molecule has 0 aliphatic rings. The van der Waals surface area contributed by atoms with Crippen molar-refractivity contribution in [1.29, 1.82) is 0 Å². The monoisotopic (exact) mass is 375 g/mol. The van der Waals surface area contributed by atoms with Gasteiger partial charge in [0.2, 0.25) is 0 Å². The molecule has 0 saturated carbocycles. The van der Waals surface area contributed by atoms with Gasteiger partial charge in [0.05, 0.1) is 24.1 Å². The maximum atomic E-state index is 12.2. The Kier molecular flexibility index (Phi) is 6.36. The highest BCUT2D eigenvalue weighted by atomic mass is 16.5. The van der Waals surface area contributed by atoms with E-state index in [1.165, 1.54) is 0 Å². The van der Waals surface area contributed by atoms with Crippen molar-refractivity contribution in [2.24, 2.45) is 0 Å². The van der Waals surface area contributed by atoms with Gasteiger partial charge in [-0.3, -0.25) is 4.79 Å². The number of hydrogen-bond donors (Lipinski definition) is 2. The number of nitrogens with one attached hydrogen (secondary N) is 2. The summed E-state index contributed by atoms with van der Waals surface area (Å²) in [6, 6.07) is 20.1. The maximum Gasteiger partial charge on any atom is 0.338 e. The Bertz CT molecular complexity index is 924. The van der Waals surface area contributed by atoms with Gasteiger partial charge in [-0.25, -0.2) is 9.78 Å². The first-order valence-electron chi connectivity index (χ1n) is 8.98. The molecule has 0 aliphatic carbocycles. The third kappa shape index (κ3) is 5.17. The van der Waals surface area contributed by atoms with Gasteiger partial charge < -0.3 is 15.4 Å². The molecule has 2 N–H and O–H groups in total. The zero-order valence-electron chi connectivity index (χ0n) is 15.5. The third-order valence-electron chi connectivity index (χ3n) is 3.98. The fourth-order valence-corrected chi connectivity index (χ4v) is 2.54. The highest BCUT2D eigenvalue weighted by molar-refractivity contribution is 5.92. The van der Waals surface area contributed by atoms with Crippen LogP contribution in [-0.4, -0.2) is 23.5 Å². The van der Waals surface area contributed by atoms with Gasteiger partial charge in [-0.15, -0.1) is 0 Å². The maximum absolute atomic E-state index is 12.2. The summed E-state index contributed by atoms with van der Waals surface area (Å²) in [5.74, 6) is -0.573.